The number of fused-ring (bicyclic) bond motifs is 1. The molecule has 0 spiro atoms. The molecule has 18 heavy (non-hydrogen) atoms. The quantitative estimate of drug-likeness (QED) is 0.807. The Morgan fingerprint density at radius 1 is 1.22 bits per heavy atom. The van der Waals surface area contributed by atoms with Gasteiger partial charge in [-0.05, 0) is 34.4 Å². The van der Waals surface area contributed by atoms with Gasteiger partial charge in [0.05, 0.1) is 0 Å². The Hall–Kier alpha value is -0.820. The smallest absolute Gasteiger partial charge is 0.0323 e. The SMILES string of the molecule is CCCC1NCC(C)c2ccc(C(C)(C)C)cc21. The maximum absolute atomic E-state index is 3.70. The molecule has 1 nitrogen and oxygen atoms in total. The molecular weight excluding hydrogens is 218 g/mol. The van der Waals surface area contributed by atoms with Crippen LogP contribution in [0.4, 0.5) is 0 Å². The molecule has 2 unspecified atom stereocenters. The summed E-state index contributed by atoms with van der Waals surface area (Å²) in [7, 11) is 0. The summed E-state index contributed by atoms with van der Waals surface area (Å²) >= 11 is 0. The third kappa shape index (κ3) is 2.61. The van der Waals surface area contributed by atoms with Crippen LogP contribution in [0.5, 0.6) is 0 Å². The Bertz CT molecular complexity index is 414. The Labute approximate surface area is 112 Å². The topological polar surface area (TPSA) is 12.0 Å². The van der Waals surface area contributed by atoms with E-state index in [9.17, 15) is 0 Å². The fourth-order valence-electron chi connectivity index (χ4n) is 2.88. The van der Waals surface area contributed by atoms with Gasteiger partial charge in [-0.3, -0.25) is 0 Å². The van der Waals surface area contributed by atoms with Crippen LogP contribution in [0.1, 0.15) is 76.1 Å². The van der Waals surface area contributed by atoms with Crippen molar-refractivity contribution in [2.75, 3.05) is 6.54 Å². The lowest BCUT2D eigenvalue weighted by Crippen LogP contribution is -2.32. The van der Waals surface area contributed by atoms with Crippen LogP contribution in [0.25, 0.3) is 0 Å². The Morgan fingerprint density at radius 3 is 2.56 bits per heavy atom. The van der Waals surface area contributed by atoms with Gasteiger partial charge in [0.15, 0.2) is 0 Å². The summed E-state index contributed by atoms with van der Waals surface area (Å²) in [6, 6.07) is 7.69. The van der Waals surface area contributed by atoms with Gasteiger partial charge in [-0.15, -0.1) is 0 Å². The van der Waals surface area contributed by atoms with E-state index in [2.05, 4.69) is 58.1 Å². The Morgan fingerprint density at radius 2 is 1.94 bits per heavy atom. The van der Waals surface area contributed by atoms with E-state index < -0.39 is 0 Å². The monoisotopic (exact) mass is 245 g/mol. The van der Waals surface area contributed by atoms with E-state index in [1.165, 1.54) is 18.4 Å². The third-order valence-electron chi connectivity index (χ3n) is 4.11. The average Bonchev–Trinajstić information content (AvgIpc) is 2.31. The molecular formula is C17H27N. The van der Waals surface area contributed by atoms with Crippen LogP contribution in [-0.4, -0.2) is 6.54 Å². The van der Waals surface area contributed by atoms with Crippen LogP contribution in [0, 0.1) is 0 Å². The normalized spacial score (nSPS) is 23.8. The molecule has 1 N–H and O–H groups in total. The molecule has 0 fully saturated rings. The number of hydrogen-bond donors (Lipinski definition) is 1. The lowest BCUT2D eigenvalue weighted by molar-refractivity contribution is 0.439. The second-order valence-corrected chi connectivity index (χ2v) is 6.74. The van der Waals surface area contributed by atoms with E-state index >= 15 is 0 Å². The minimum absolute atomic E-state index is 0.243. The maximum atomic E-state index is 3.70. The van der Waals surface area contributed by atoms with Crippen LogP contribution in [0.15, 0.2) is 18.2 Å². The van der Waals surface area contributed by atoms with Crippen molar-refractivity contribution in [1.82, 2.24) is 5.32 Å². The number of hydrogen-bond acceptors (Lipinski definition) is 1. The molecule has 1 heterocycles. The molecule has 1 aromatic rings. The minimum atomic E-state index is 0.243. The van der Waals surface area contributed by atoms with Crippen molar-refractivity contribution in [1.29, 1.82) is 0 Å². The highest BCUT2D eigenvalue weighted by Crippen LogP contribution is 2.35. The summed E-state index contributed by atoms with van der Waals surface area (Å²) in [6.07, 6.45) is 2.48. The van der Waals surface area contributed by atoms with E-state index in [0.29, 0.717) is 12.0 Å². The van der Waals surface area contributed by atoms with E-state index in [4.69, 9.17) is 0 Å². The lowest BCUT2D eigenvalue weighted by atomic mass is 9.80. The van der Waals surface area contributed by atoms with Crippen LogP contribution < -0.4 is 5.32 Å². The minimum Gasteiger partial charge on any atom is -0.309 e. The molecule has 0 aromatic heterocycles. The first-order chi connectivity index (χ1) is 8.43. The van der Waals surface area contributed by atoms with Crippen molar-refractivity contribution in [3.05, 3.63) is 34.9 Å². The van der Waals surface area contributed by atoms with Crippen LogP contribution in [0.3, 0.4) is 0 Å². The molecule has 0 amide bonds. The van der Waals surface area contributed by atoms with Gasteiger partial charge in [0, 0.05) is 12.6 Å². The van der Waals surface area contributed by atoms with Gasteiger partial charge in [0.2, 0.25) is 0 Å². The van der Waals surface area contributed by atoms with Crippen molar-refractivity contribution < 1.29 is 0 Å². The van der Waals surface area contributed by atoms with Crippen molar-refractivity contribution in [2.45, 2.75) is 64.8 Å². The van der Waals surface area contributed by atoms with E-state index in [1.807, 2.05) is 0 Å². The fourth-order valence-corrected chi connectivity index (χ4v) is 2.88. The number of benzene rings is 1. The molecule has 0 radical (unpaired) electrons. The molecule has 2 rings (SSSR count). The first-order valence-electron chi connectivity index (χ1n) is 7.31. The van der Waals surface area contributed by atoms with Gasteiger partial charge in [-0.25, -0.2) is 0 Å². The van der Waals surface area contributed by atoms with Gasteiger partial charge < -0.3 is 5.32 Å². The zero-order valence-corrected chi connectivity index (χ0v) is 12.5. The van der Waals surface area contributed by atoms with Gasteiger partial charge in [0.25, 0.3) is 0 Å². The molecule has 1 aliphatic rings. The summed E-state index contributed by atoms with van der Waals surface area (Å²) in [6.45, 7) is 12.6. The summed E-state index contributed by atoms with van der Waals surface area (Å²) in [5.41, 5.74) is 4.80. The van der Waals surface area contributed by atoms with Crippen LogP contribution in [0.2, 0.25) is 0 Å². The van der Waals surface area contributed by atoms with Crippen LogP contribution in [-0.2, 0) is 5.41 Å². The average molecular weight is 245 g/mol. The second kappa shape index (κ2) is 5.05. The number of nitrogens with one attached hydrogen (secondary N) is 1. The molecule has 1 heteroatoms. The highest BCUT2D eigenvalue weighted by Gasteiger charge is 2.25. The standard InChI is InChI=1S/C17H27N/c1-6-7-16-15-10-13(17(3,4)5)8-9-14(15)12(2)11-18-16/h8-10,12,16,18H,6-7,11H2,1-5H3. The summed E-state index contributed by atoms with van der Waals surface area (Å²) in [4.78, 5) is 0. The summed E-state index contributed by atoms with van der Waals surface area (Å²) in [5.74, 6) is 0.641. The fraction of sp³-hybridized carbons (Fsp3) is 0.647. The van der Waals surface area contributed by atoms with E-state index in [0.717, 1.165) is 6.54 Å². The molecule has 0 aliphatic carbocycles. The number of rotatable bonds is 2. The second-order valence-electron chi connectivity index (χ2n) is 6.74. The predicted molar refractivity (Wildman–Crippen MR) is 79.2 cm³/mol. The summed E-state index contributed by atoms with van der Waals surface area (Å²) in [5, 5.41) is 3.70. The highest BCUT2D eigenvalue weighted by molar-refractivity contribution is 5.40. The molecule has 1 aromatic carbocycles. The van der Waals surface area contributed by atoms with Crippen molar-refractivity contribution in [3.8, 4) is 0 Å². The predicted octanol–water partition coefficient (Wildman–Crippen LogP) is 4.53. The Kier molecular flexibility index (Phi) is 3.82. The van der Waals surface area contributed by atoms with Crippen molar-refractivity contribution in [2.24, 2.45) is 0 Å². The van der Waals surface area contributed by atoms with E-state index in [1.54, 1.807) is 11.1 Å². The van der Waals surface area contributed by atoms with E-state index in [-0.39, 0.29) is 5.41 Å². The van der Waals surface area contributed by atoms with Gasteiger partial charge >= 0.3 is 0 Å². The highest BCUT2D eigenvalue weighted by atomic mass is 14.9. The molecule has 0 bridgehead atoms. The first-order valence-corrected chi connectivity index (χ1v) is 7.31. The maximum Gasteiger partial charge on any atom is 0.0323 e. The lowest BCUT2D eigenvalue weighted by Gasteiger charge is -2.33. The van der Waals surface area contributed by atoms with Gasteiger partial charge in [0.1, 0.15) is 0 Å². The zero-order valence-electron chi connectivity index (χ0n) is 12.5. The largest absolute Gasteiger partial charge is 0.309 e. The summed E-state index contributed by atoms with van der Waals surface area (Å²) < 4.78 is 0. The van der Waals surface area contributed by atoms with Crippen LogP contribution >= 0.6 is 0 Å². The molecule has 0 saturated heterocycles. The van der Waals surface area contributed by atoms with Gasteiger partial charge in [-0.1, -0.05) is 59.2 Å². The zero-order chi connectivity index (χ0) is 13.3. The van der Waals surface area contributed by atoms with Gasteiger partial charge in [-0.2, -0.15) is 0 Å². The molecule has 0 saturated carbocycles. The first kappa shape index (κ1) is 13.6. The van der Waals surface area contributed by atoms with Crippen molar-refractivity contribution in [3.63, 3.8) is 0 Å². The molecule has 1 aliphatic heterocycles. The van der Waals surface area contributed by atoms with Crippen molar-refractivity contribution >= 4 is 0 Å². The Balaban J connectivity index is 2.43. The third-order valence-corrected chi connectivity index (χ3v) is 4.11. The molecule has 100 valence electrons. The molecule has 2 atom stereocenters.